The van der Waals surface area contributed by atoms with Crippen LogP contribution in [-0.2, 0) is 4.74 Å². The minimum Gasteiger partial charge on any atom is -0.508 e. The number of hydrogen-bond donors (Lipinski definition) is 3. The van der Waals surface area contributed by atoms with Crippen molar-refractivity contribution in [2.45, 2.75) is 31.9 Å². The molecule has 1 aromatic carbocycles. The van der Waals surface area contributed by atoms with E-state index in [1.807, 2.05) is 19.1 Å². The highest BCUT2D eigenvalue weighted by atomic mass is 16.5. The van der Waals surface area contributed by atoms with E-state index in [4.69, 9.17) is 4.74 Å². The molecule has 4 heteroatoms. The standard InChI is InChI=1S/C14H23NO3/c1-11(12-4-6-13(16)7-5-12)15-10-14(2,17)8-9-18-3/h4-7,11,15-17H,8-10H2,1-3H3. The lowest BCUT2D eigenvalue weighted by atomic mass is 10.0. The molecule has 3 N–H and O–H groups in total. The van der Waals surface area contributed by atoms with Crippen LogP contribution in [0.15, 0.2) is 24.3 Å². The molecular weight excluding hydrogens is 230 g/mol. The summed E-state index contributed by atoms with van der Waals surface area (Å²) in [5, 5.41) is 22.6. The molecule has 0 aromatic heterocycles. The van der Waals surface area contributed by atoms with Crippen molar-refractivity contribution in [3.05, 3.63) is 29.8 Å². The fraction of sp³-hybridized carbons (Fsp3) is 0.571. The number of aromatic hydroxyl groups is 1. The Morgan fingerprint density at radius 1 is 1.33 bits per heavy atom. The van der Waals surface area contributed by atoms with E-state index < -0.39 is 5.60 Å². The van der Waals surface area contributed by atoms with Crippen LogP contribution in [0.1, 0.15) is 31.9 Å². The first kappa shape index (κ1) is 15.0. The summed E-state index contributed by atoms with van der Waals surface area (Å²) in [4.78, 5) is 0. The maximum absolute atomic E-state index is 10.1. The number of rotatable bonds is 7. The van der Waals surface area contributed by atoms with Gasteiger partial charge in [-0.2, -0.15) is 0 Å². The molecule has 1 rings (SSSR count). The number of hydrogen-bond acceptors (Lipinski definition) is 4. The molecule has 2 atom stereocenters. The van der Waals surface area contributed by atoms with Crippen LogP contribution in [0, 0.1) is 0 Å². The first-order valence-corrected chi connectivity index (χ1v) is 6.18. The Morgan fingerprint density at radius 2 is 1.94 bits per heavy atom. The average Bonchev–Trinajstić information content (AvgIpc) is 2.35. The van der Waals surface area contributed by atoms with E-state index in [0.29, 0.717) is 19.6 Å². The number of ether oxygens (including phenoxy) is 1. The van der Waals surface area contributed by atoms with Gasteiger partial charge in [0.25, 0.3) is 0 Å². The molecule has 0 aliphatic rings. The van der Waals surface area contributed by atoms with Crippen molar-refractivity contribution in [3.63, 3.8) is 0 Å². The third-order valence-corrected chi connectivity index (χ3v) is 3.03. The Hall–Kier alpha value is -1.10. The van der Waals surface area contributed by atoms with Gasteiger partial charge in [0, 0.05) is 32.7 Å². The third kappa shape index (κ3) is 5.04. The van der Waals surface area contributed by atoms with Crippen LogP contribution in [0.25, 0.3) is 0 Å². The van der Waals surface area contributed by atoms with E-state index in [1.165, 1.54) is 0 Å². The molecule has 0 spiro atoms. The molecule has 0 aliphatic heterocycles. The third-order valence-electron chi connectivity index (χ3n) is 3.03. The second-order valence-corrected chi connectivity index (χ2v) is 4.93. The summed E-state index contributed by atoms with van der Waals surface area (Å²) in [7, 11) is 1.63. The molecule has 0 fully saturated rings. The maximum atomic E-state index is 10.1. The highest BCUT2D eigenvalue weighted by Gasteiger charge is 2.20. The Bertz CT molecular complexity index is 349. The highest BCUT2D eigenvalue weighted by molar-refractivity contribution is 5.27. The van der Waals surface area contributed by atoms with Crippen LogP contribution in [0.2, 0.25) is 0 Å². The first-order valence-electron chi connectivity index (χ1n) is 6.18. The molecule has 0 radical (unpaired) electrons. The van der Waals surface area contributed by atoms with Crippen LogP contribution in [0.4, 0.5) is 0 Å². The summed E-state index contributed by atoms with van der Waals surface area (Å²) in [5.41, 5.74) is 0.302. The largest absolute Gasteiger partial charge is 0.508 e. The van der Waals surface area contributed by atoms with Crippen molar-refractivity contribution in [2.75, 3.05) is 20.3 Å². The van der Waals surface area contributed by atoms with Crippen molar-refractivity contribution < 1.29 is 14.9 Å². The SMILES string of the molecule is COCCC(C)(O)CNC(C)c1ccc(O)cc1. The maximum Gasteiger partial charge on any atom is 0.115 e. The summed E-state index contributed by atoms with van der Waals surface area (Å²) >= 11 is 0. The first-order chi connectivity index (χ1) is 8.44. The van der Waals surface area contributed by atoms with Crippen LogP contribution < -0.4 is 5.32 Å². The number of phenols is 1. The van der Waals surface area contributed by atoms with Gasteiger partial charge in [-0.1, -0.05) is 12.1 Å². The van der Waals surface area contributed by atoms with Gasteiger partial charge in [0.2, 0.25) is 0 Å². The van der Waals surface area contributed by atoms with Crippen LogP contribution in [-0.4, -0.2) is 36.1 Å². The quantitative estimate of drug-likeness (QED) is 0.694. The predicted molar refractivity (Wildman–Crippen MR) is 71.6 cm³/mol. The zero-order valence-electron chi connectivity index (χ0n) is 11.3. The minimum atomic E-state index is -0.777. The van der Waals surface area contributed by atoms with Crippen molar-refractivity contribution in [1.82, 2.24) is 5.32 Å². The molecule has 0 aliphatic carbocycles. The molecule has 102 valence electrons. The normalized spacial score (nSPS) is 16.2. The zero-order valence-corrected chi connectivity index (χ0v) is 11.3. The summed E-state index contributed by atoms with van der Waals surface area (Å²) in [6, 6.07) is 7.19. The molecule has 1 aromatic rings. The second kappa shape index (κ2) is 6.73. The van der Waals surface area contributed by atoms with E-state index in [1.54, 1.807) is 26.2 Å². The van der Waals surface area contributed by atoms with Gasteiger partial charge in [0.1, 0.15) is 5.75 Å². The van der Waals surface area contributed by atoms with E-state index in [-0.39, 0.29) is 11.8 Å². The van der Waals surface area contributed by atoms with E-state index in [0.717, 1.165) is 5.56 Å². The van der Waals surface area contributed by atoms with Crippen molar-refractivity contribution in [1.29, 1.82) is 0 Å². The number of aliphatic hydroxyl groups is 1. The number of benzene rings is 1. The lowest BCUT2D eigenvalue weighted by Crippen LogP contribution is -2.39. The van der Waals surface area contributed by atoms with Gasteiger partial charge in [0.05, 0.1) is 5.60 Å². The molecular formula is C14H23NO3. The summed E-state index contributed by atoms with van der Waals surface area (Å²) in [5.74, 6) is 0.262. The Balaban J connectivity index is 2.45. The lowest BCUT2D eigenvalue weighted by molar-refractivity contribution is 0.0231. The monoisotopic (exact) mass is 253 g/mol. The second-order valence-electron chi connectivity index (χ2n) is 4.93. The molecule has 0 amide bonds. The molecule has 0 saturated carbocycles. The van der Waals surface area contributed by atoms with Crippen molar-refractivity contribution in [3.8, 4) is 5.75 Å². The van der Waals surface area contributed by atoms with Gasteiger partial charge in [0.15, 0.2) is 0 Å². The minimum absolute atomic E-state index is 0.125. The number of nitrogens with one attached hydrogen (secondary N) is 1. The Labute approximate surface area is 109 Å². The van der Waals surface area contributed by atoms with Gasteiger partial charge in [-0.05, 0) is 31.5 Å². The Morgan fingerprint density at radius 3 is 2.50 bits per heavy atom. The smallest absolute Gasteiger partial charge is 0.115 e. The molecule has 0 heterocycles. The topological polar surface area (TPSA) is 61.7 Å². The van der Waals surface area contributed by atoms with Gasteiger partial charge >= 0.3 is 0 Å². The van der Waals surface area contributed by atoms with E-state index in [2.05, 4.69) is 5.32 Å². The van der Waals surface area contributed by atoms with Crippen LogP contribution >= 0.6 is 0 Å². The molecule has 4 nitrogen and oxygen atoms in total. The molecule has 0 saturated heterocycles. The zero-order chi connectivity index (χ0) is 13.6. The molecule has 18 heavy (non-hydrogen) atoms. The van der Waals surface area contributed by atoms with Gasteiger partial charge in [-0.3, -0.25) is 0 Å². The predicted octanol–water partition coefficient (Wildman–Crippen LogP) is 1.83. The van der Waals surface area contributed by atoms with E-state index in [9.17, 15) is 10.2 Å². The van der Waals surface area contributed by atoms with Crippen LogP contribution in [0.5, 0.6) is 5.75 Å². The fourth-order valence-corrected chi connectivity index (χ4v) is 1.66. The van der Waals surface area contributed by atoms with E-state index >= 15 is 0 Å². The Kier molecular flexibility index (Phi) is 5.59. The van der Waals surface area contributed by atoms with Crippen molar-refractivity contribution in [2.24, 2.45) is 0 Å². The summed E-state index contributed by atoms with van der Waals surface area (Å²) < 4.78 is 4.97. The summed E-state index contributed by atoms with van der Waals surface area (Å²) in [6.45, 7) is 4.86. The van der Waals surface area contributed by atoms with Gasteiger partial charge in [-0.15, -0.1) is 0 Å². The van der Waals surface area contributed by atoms with Crippen molar-refractivity contribution >= 4 is 0 Å². The number of phenolic OH excluding ortho intramolecular Hbond substituents is 1. The number of methoxy groups -OCH3 is 1. The van der Waals surface area contributed by atoms with Gasteiger partial charge < -0.3 is 20.3 Å². The molecule has 2 unspecified atom stereocenters. The van der Waals surface area contributed by atoms with Gasteiger partial charge in [-0.25, -0.2) is 0 Å². The molecule has 0 bridgehead atoms. The summed E-state index contributed by atoms with van der Waals surface area (Å²) in [6.07, 6.45) is 0.596. The van der Waals surface area contributed by atoms with Crippen LogP contribution in [0.3, 0.4) is 0 Å². The average molecular weight is 253 g/mol. The highest BCUT2D eigenvalue weighted by Crippen LogP contribution is 2.17. The lowest BCUT2D eigenvalue weighted by Gasteiger charge is -2.26. The fourth-order valence-electron chi connectivity index (χ4n) is 1.66.